The zero-order chi connectivity index (χ0) is 18.8. The first-order valence-corrected chi connectivity index (χ1v) is 9.52. The Hall–Kier alpha value is -2.35. The first-order valence-electron chi connectivity index (χ1n) is 8.47. The first kappa shape index (κ1) is 18.4. The van der Waals surface area contributed by atoms with Crippen LogP contribution in [-0.4, -0.2) is 35.7 Å². The Bertz CT molecular complexity index is 874. The molecule has 1 amide bonds. The van der Waals surface area contributed by atoms with E-state index in [0.717, 1.165) is 12.0 Å². The molecule has 1 aromatic carbocycles. The fraction of sp³-hybridized carbons (Fsp3) is 0.444. The normalized spacial score (nSPS) is 17.8. The summed E-state index contributed by atoms with van der Waals surface area (Å²) in [5.74, 6) is 1.92. The number of aromatic amines is 1. The van der Waals surface area contributed by atoms with Gasteiger partial charge in [-0.2, -0.15) is 0 Å². The van der Waals surface area contributed by atoms with Gasteiger partial charge in [0.2, 0.25) is 5.91 Å². The van der Waals surface area contributed by atoms with Crippen LogP contribution >= 0.6 is 11.8 Å². The summed E-state index contributed by atoms with van der Waals surface area (Å²) in [7, 11) is 3.15. The van der Waals surface area contributed by atoms with Crippen molar-refractivity contribution < 1.29 is 14.3 Å². The summed E-state index contributed by atoms with van der Waals surface area (Å²) >= 11 is 1.43. The van der Waals surface area contributed by atoms with Crippen LogP contribution in [0.25, 0.3) is 0 Å². The lowest BCUT2D eigenvalue weighted by Crippen LogP contribution is -2.18. The summed E-state index contributed by atoms with van der Waals surface area (Å²) in [5.41, 5.74) is 1.26. The third-order valence-electron chi connectivity index (χ3n) is 4.61. The summed E-state index contributed by atoms with van der Waals surface area (Å²) in [6.45, 7) is 4.04. The quantitative estimate of drug-likeness (QED) is 0.837. The SMILES string of the molecule is CC[C@@H](C)n1[nH]c(=O)c2c1NC(=O)CS[C@@H]2c1ccc(OC)c(OC)c1. The lowest BCUT2D eigenvalue weighted by atomic mass is 10.1. The average molecular weight is 377 g/mol. The molecule has 0 spiro atoms. The van der Waals surface area contributed by atoms with Gasteiger partial charge in [0.15, 0.2) is 11.5 Å². The van der Waals surface area contributed by atoms with Gasteiger partial charge >= 0.3 is 0 Å². The molecule has 0 aliphatic carbocycles. The van der Waals surface area contributed by atoms with Crippen LogP contribution in [0.4, 0.5) is 5.82 Å². The Morgan fingerprint density at radius 1 is 1.27 bits per heavy atom. The summed E-state index contributed by atoms with van der Waals surface area (Å²) in [5, 5.41) is 5.50. The highest BCUT2D eigenvalue weighted by Gasteiger charge is 2.31. The first-order chi connectivity index (χ1) is 12.5. The van der Waals surface area contributed by atoms with Crippen LogP contribution in [-0.2, 0) is 4.79 Å². The molecule has 7 nitrogen and oxygen atoms in total. The van der Waals surface area contributed by atoms with E-state index in [1.165, 1.54) is 11.8 Å². The zero-order valence-corrected chi connectivity index (χ0v) is 16.1. The van der Waals surface area contributed by atoms with Crippen LogP contribution < -0.4 is 20.3 Å². The zero-order valence-electron chi connectivity index (χ0n) is 15.3. The van der Waals surface area contributed by atoms with Gasteiger partial charge in [0.25, 0.3) is 5.56 Å². The standard InChI is InChI=1S/C18H23N3O4S/c1-5-10(2)21-17-15(18(23)20-21)16(26-9-14(22)19-17)11-6-7-12(24-3)13(8-11)25-4/h6-8,10,16H,5,9H2,1-4H3,(H,19,22)(H,20,23)/t10-,16-/m1/s1. The highest BCUT2D eigenvalue weighted by Crippen LogP contribution is 2.42. The van der Waals surface area contributed by atoms with E-state index in [-0.39, 0.29) is 28.5 Å². The number of carbonyl (C=O) groups excluding carboxylic acids is 1. The summed E-state index contributed by atoms with van der Waals surface area (Å²) < 4.78 is 12.4. The number of carbonyl (C=O) groups is 1. The Kier molecular flexibility index (Phi) is 5.31. The largest absolute Gasteiger partial charge is 0.493 e. The number of rotatable bonds is 5. The monoisotopic (exact) mass is 377 g/mol. The van der Waals surface area contributed by atoms with Crippen molar-refractivity contribution in [2.75, 3.05) is 25.3 Å². The molecule has 1 aromatic heterocycles. The number of methoxy groups -OCH3 is 2. The number of aromatic nitrogens is 2. The van der Waals surface area contributed by atoms with Gasteiger partial charge in [0.05, 0.1) is 30.8 Å². The van der Waals surface area contributed by atoms with Crippen LogP contribution in [0.1, 0.15) is 42.7 Å². The second-order valence-corrected chi connectivity index (χ2v) is 7.28. The molecule has 3 rings (SSSR count). The number of thioether (sulfide) groups is 1. The molecule has 1 aliphatic heterocycles. The molecule has 8 heteroatoms. The molecule has 0 saturated heterocycles. The van der Waals surface area contributed by atoms with Crippen LogP contribution in [0.5, 0.6) is 11.5 Å². The van der Waals surface area contributed by atoms with Crippen molar-refractivity contribution >= 4 is 23.5 Å². The van der Waals surface area contributed by atoms with Crippen LogP contribution in [0, 0.1) is 0 Å². The molecule has 2 N–H and O–H groups in total. The molecule has 2 atom stereocenters. The minimum atomic E-state index is -0.280. The summed E-state index contributed by atoms with van der Waals surface area (Å²) in [6, 6.07) is 5.64. The minimum absolute atomic E-state index is 0.0703. The Morgan fingerprint density at radius 3 is 2.65 bits per heavy atom. The highest BCUT2D eigenvalue weighted by molar-refractivity contribution is 8.00. The minimum Gasteiger partial charge on any atom is -0.493 e. The van der Waals surface area contributed by atoms with Gasteiger partial charge < -0.3 is 14.8 Å². The van der Waals surface area contributed by atoms with E-state index in [2.05, 4.69) is 10.4 Å². The van der Waals surface area contributed by atoms with Crippen LogP contribution in [0.15, 0.2) is 23.0 Å². The molecule has 0 unspecified atom stereocenters. The van der Waals surface area contributed by atoms with Gasteiger partial charge in [-0.1, -0.05) is 13.0 Å². The highest BCUT2D eigenvalue weighted by atomic mass is 32.2. The maximum Gasteiger partial charge on any atom is 0.270 e. The number of H-pyrrole nitrogens is 1. The van der Waals surface area contributed by atoms with Crippen molar-refractivity contribution in [2.45, 2.75) is 31.6 Å². The van der Waals surface area contributed by atoms with Crippen molar-refractivity contribution in [3.05, 3.63) is 39.7 Å². The molecule has 0 saturated carbocycles. The van der Waals surface area contributed by atoms with Crippen LogP contribution in [0.2, 0.25) is 0 Å². The second-order valence-electron chi connectivity index (χ2n) is 6.18. The number of nitrogens with zero attached hydrogens (tertiary/aromatic N) is 1. The van der Waals surface area contributed by atoms with Gasteiger partial charge in [0.1, 0.15) is 5.82 Å². The fourth-order valence-corrected chi connectivity index (χ4v) is 4.15. The Labute approximate surface area is 156 Å². The molecule has 2 heterocycles. The Balaban J connectivity index is 2.15. The smallest absolute Gasteiger partial charge is 0.270 e. The van der Waals surface area contributed by atoms with Crippen molar-refractivity contribution in [1.29, 1.82) is 0 Å². The predicted molar refractivity (Wildman–Crippen MR) is 103 cm³/mol. The number of anilines is 1. The molecule has 0 fully saturated rings. The number of fused-ring (bicyclic) bond motifs is 1. The number of ether oxygens (including phenoxy) is 2. The second kappa shape index (κ2) is 7.49. The summed E-state index contributed by atoms with van der Waals surface area (Å²) in [6.07, 6.45) is 0.834. The molecule has 0 radical (unpaired) electrons. The van der Waals surface area contributed by atoms with E-state index >= 15 is 0 Å². The third-order valence-corrected chi connectivity index (χ3v) is 5.88. The maximum atomic E-state index is 12.7. The van der Waals surface area contributed by atoms with E-state index in [0.29, 0.717) is 22.9 Å². The van der Waals surface area contributed by atoms with Crippen LogP contribution in [0.3, 0.4) is 0 Å². The average Bonchev–Trinajstić information content (AvgIpc) is 2.86. The van der Waals surface area contributed by atoms with Gasteiger partial charge in [-0.05, 0) is 31.0 Å². The van der Waals surface area contributed by atoms with E-state index in [4.69, 9.17) is 9.47 Å². The molecule has 0 bridgehead atoms. The number of nitrogens with one attached hydrogen (secondary N) is 2. The molecule has 1 aliphatic rings. The van der Waals surface area contributed by atoms with Crippen molar-refractivity contribution in [3.8, 4) is 11.5 Å². The lowest BCUT2D eigenvalue weighted by Gasteiger charge is -2.17. The van der Waals surface area contributed by atoms with Crippen molar-refractivity contribution in [3.63, 3.8) is 0 Å². The van der Waals surface area contributed by atoms with Crippen molar-refractivity contribution in [2.24, 2.45) is 0 Å². The van der Waals surface area contributed by atoms with E-state index in [1.807, 2.05) is 32.0 Å². The molecule has 2 aromatic rings. The predicted octanol–water partition coefficient (Wildman–Crippen LogP) is 2.94. The maximum absolute atomic E-state index is 12.7. The van der Waals surface area contributed by atoms with E-state index < -0.39 is 0 Å². The fourth-order valence-electron chi connectivity index (χ4n) is 3.04. The van der Waals surface area contributed by atoms with E-state index in [1.54, 1.807) is 18.9 Å². The number of hydrogen-bond acceptors (Lipinski definition) is 5. The lowest BCUT2D eigenvalue weighted by molar-refractivity contribution is -0.113. The molecule has 26 heavy (non-hydrogen) atoms. The van der Waals surface area contributed by atoms with E-state index in [9.17, 15) is 9.59 Å². The molecular weight excluding hydrogens is 354 g/mol. The van der Waals surface area contributed by atoms with Gasteiger partial charge in [-0.25, -0.2) is 0 Å². The molecule has 140 valence electrons. The van der Waals surface area contributed by atoms with Gasteiger partial charge in [-0.3, -0.25) is 19.4 Å². The van der Waals surface area contributed by atoms with Gasteiger partial charge in [-0.15, -0.1) is 11.8 Å². The number of benzene rings is 1. The van der Waals surface area contributed by atoms with Gasteiger partial charge in [0, 0.05) is 6.04 Å². The number of amides is 1. The van der Waals surface area contributed by atoms with Crippen molar-refractivity contribution in [1.82, 2.24) is 9.78 Å². The number of hydrogen-bond donors (Lipinski definition) is 2. The topological polar surface area (TPSA) is 85.4 Å². The summed E-state index contributed by atoms with van der Waals surface area (Å²) in [4.78, 5) is 24.9. The molecular formula is C18H23N3O4S. The third kappa shape index (κ3) is 3.21. The Morgan fingerprint density at radius 2 is 2.00 bits per heavy atom.